The van der Waals surface area contributed by atoms with Crippen molar-refractivity contribution in [3.05, 3.63) is 0 Å². The summed E-state index contributed by atoms with van der Waals surface area (Å²) in [5, 5.41) is 44.2. The molecule has 23 heteroatoms. The summed E-state index contributed by atoms with van der Waals surface area (Å²) in [6, 6.07) is -2.30. The minimum Gasteiger partial charge on any atom is -0.481 e. The fraction of sp³-hybridized carbons (Fsp3) is 0.800. The van der Waals surface area contributed by atoms with E-state index in [4.69, 9.17) is 18.9 Å². The maximum atomic E-state index is 13.0. The molecule has 0 saturated heterocycles. The van der Waals surface area contributed by atoms with Crippen molar-refractivity contribution in [2.24, 2.45) is 22.7 Å². The van der Waals surface area contributed by atoms with E-state index in [1.54, 1.807) is 0 Å². The number of carbonyl (C=O) groups is 9. The number of aliphatic carboxylic acids is 3. The van der Waals surface area contributed by atoms with Gasteiger partial charge in [0.1, 0.15) is 25.3 Å². The van der Waals surface area contributed by atoms with E-state index in [0.717, 1.165) is 0 Å². The van der Waals surface area contributed by atoms with Gasteiger partial charge in [-0.3, -0.25) is 33.6 Å². The molecule has 0 spiro atoms. The average Bonchev–Trinajstić information content (AvgIpc) is 3.24. The van der Waals surface area contributed by atoms with Crippen LogP contribution in [0.15, 0.2) is 0 Å². The summed E-state index contributed by atoms with van der Waals surface area (Å²) in [4.78, 5) is 108. The quantitative estimate of drug-likeness (QED) is 0.0389. The second kappa shape index (κ2) is 34.7. The minimum atomic E-state index is -1.24. The third kappa shape index (κ3) is 31.5. The van der Waals surface area contributed by atoms with Crippen molar-refractivity contribution >= 4 is 65.1 Å². The van der Waals surface area contributed by atoms with E-state index in [1.165, 1.54) is 11.8 Å². The topological polar surface area (TPSA) is 323 Å². The number of hydrogen-bond acceptors (Lipinski definition) is 14. The molecule has 1 aliphatic carbocycles. The molecule has 0 aromatic heterocycles. The van der Waals surface area contributed by atoms with Gasteiger partial charge in [0.05, 0.1) is 51.8 Å². The Hall–Kier alpha value is -4.58. The molecule has 9 N–H and O–H groups in total. The van der Waals surface area contributed by atoms with Gasteiger partial charge in [0.2, 0.25) is 35.4 Å². The highest BCUT2D eigenvalue weighted by molar-refractivity contribution is 7.99. The first kappa shape index (κ1) is 61.4. The predicted molar refractivity (Wildman–Crippen MR) is 250 cm³/mol. The zero-order valence-electron chi connectivity index (χ0n) is 40.5. The molecule has 0 aliphatic heterocycles. The Kier molecular flexibility index (Phi) is 31.3. The van der Waals surface area contributed by atoms with E-state index in [9.17, 15) is 58.5 Å². The molecule has 1 aliphatic rings. The van der Waals surface area contributed by atoms with Crippen molar-refractivity contribution in [2.75, 3.05) is 91.0 Å². The molecule has 1 fully saturated rings. The van der Waals surface area contributed by atoms with Crippen LogP contribution in [-0.2, 0) is 62.1 Å². The number of carboxylic acid groups (broad SMARTS) is 3. The Morgan fingerprint density at radius 1 is 0.574 bits per heavy atom. The van der Waals surface area contributed by atoms with Crippen molar-refractivity contribution in [3.8, 4) is 0 Å². The highest BCUT2D eigenvalue weighted by Crippen LogP contribution is 2.38. The number of unbranched alkanes of at least 4 members (excludes halogenated alkanes) is 1. The molecule has 22 nitrogen and oxygen atoms in total. The van der Waals surface area contributed by atoms with Crippen LogP contribution in [-0.4, -0.2) is 172 Å². The number of rotatable bonds is 39. The van der Waals surface area contributed by atoms with Gasteiger partial charge in [-0.15, -0.1) is 0 Å². The van der Waals surface area contributed by atoms with E-state index < -0.39 is 47.2 Å². The molecular formula is C45H78N6O16S. The van der Waals surface area contributed by atoms with Crippen LogP contribution in [0.25, 0.3) is 0 Å². The third-order valence-corrected chi connectivity index (χ3v) is 11.4. The molecule has 68 heavy (non-hydrogen) atoms. The van der Waals surface area contributed by atoms with Crippen LogP contribution in [0.1, 0.15) is 105 Å². The second-order valence-electron chi connectivity index (χ2n) is 18.5. The molecule has 0 bridgehead atoms. The molecular weight excluding hydrogens is 913 g/mol. The van der Waals surface area contributed by atoms with Crippen LogP contribution in [0.4, 0.5) is 0 Å². The SMILES string of the molecule is CSCC(=O)NCCCC[C@H](NC(=O)COCCOCCNC(=O)COCCOCCNC(=O)CC[C@@H](NC(=O)C1CCC(CNC(=O)CC(C)(C)CC(C)(C)CC(=O)O)CC1)C(=O)O)C(=O)O. The van der Waals surface area contributed by atoms with E-state index in [0.29, 0.717) is 63.8 Å². The first-order valence-electron chi connectivity index (χ1n) is 23.3. The van der Waals surface area contributed by atoms with Crippen molar-refractivity contribution < 1.29 is 77.4 Å². The number of thioether (sulfide) groups is 1. The summed E-state index contributed by atoms with van der Waals surface area (Å²) in [6.45, 7) is 9.15. The van der Waals surface area contributed by atoms with Gasteiger partial charge in [-0.1, -0.05) is 27.7 Å². The van der Waals surface area contributed by atoms with Crippen LogP contribution in [0.3, 0.4) is 0 Å². The maximum Gasteiger partial charge on any atom is 0.326 e. The monoisotopic (exact) mass is 991 g/mol. The molecule has 1 saturated carbocycles. The van der Waals surface area contributed by atoms with Crippen LogP contribution in [0, 0.1) is 22.7 Å². The van der Waals surface area contributed by atoms with Gasteiger partial charge < -0.3 is 66.2 Å². The summed E-state index contributed by atoms with van der Waals surface area (Å²) >= 11 is 1.41. The minimum absolute atomic E-state index is 0.0185. The molecule has 2 atom stereocenters. The second-order valence-corrected chi connectivity index (χ2v) is 19.3. The lowest BCUT2D eigenvalue weighted by Gasteiger charge is -2.34. The lowest BCUT2D eigenvalue weighted by Crippen LogP contribution is -2.45. The van der Waals surface area contributed by atoms with E-state index in [-0.39, 0.29) is 139 Å². The Labute approximate surface area is 404 Å². The molecule has 0 heterocycles. The molecule has 0 aromatic carbocycles. The van der Waals surface area contributed by atoms with Crippen LogP contribution in [0.5, 0.6) is 0 Å². The molecule has 6 amide bonds. The Morgan fingerprint density at radius 2 is 1.10 bits per heavy atom. The van der Waals surface area contributed by atoms with Gasteiger partial charge in [-0.05, 0) is 80.8 Å². The standard InChI is InChI=1S/C45H78N6O16S/c1-44(2,30-45(3,4)25-40(57)58)24-36(53)49-26-31-9-11-32(12-10-31)41(59)51-34(43(62)63)13-14-35(52)47-16-18-64-20-22-66-27-37(54)48-17-19-65-21-23-67-28-38(55)50-33(42(60)61)8-6-7-15-46-39(56)29-68-5/h31-34H,6-30H2,1-5H3,(H,46,56)(H,47,52)(H,48,54)(H,49,53)(H,50,55)(H,51,59)(H,57,58)(H,60,61)(H,62,63)/t31?,32?,33-,34+/m0/s1. The normalized spacial score (nSPS) is 15.8. The lowest BCUT2D eigenvalue weighted by molar-refractivity contribution is -0.143. The lowest BCUT2D eigenvalue weighted by atomic mass is 9.71. The Morgan fingerprint density at radius 3 is 1.68 bits per heavy atom. The highest BCUT2D eigenvalue weighted by atomic mass is 32.2. The summed E-state index contributed by atoms with van der Waals surface area (Å²) in [5.41, 5.74) is -0.837. The van der Waals surface area contributed by atoms with Gasteiger partial charge in [-0.2, -0.15) is 11.8 Å². The number of nitrogens with one attached hydrogen (secondary N) is 6. The molecule has 390 valence electrons. The zero-order valence-corrected chi connectivity index (χ0v) is 41.4. The van der Waals surface area contributed by atoms with Gasteiger partial charge in [-0.25, -0.2) is 9.59 Å². The first-order chi connectivity index (χ1) is 32.1. The van der Waals surface area contributed by atoms with Gasteiger partial charge in [0, 0.05) is 44.9 Å². The van der Waals surface area contributed by atoms with Crippen LogP contribution >= 0.6 is 11.8 Å². The molecule has 0 aromatic rings. The van der Waals surface area contributed by atoms with Crippen molar-refractivity contribution in [2.45, 2.75) is 117 Å². The molecule has 0 radical (unpaired) electrons. The van der Waals surface area contributed by atoms with Gasteiger partial charge in [0.15, 0.2) is 0 Å². The number of amides is 6. The number of hydrogen-bond donors (Lipinski definition) is 9. The summed E-state index contributed by atoms with van der Waals surface area (Å²) in [7, 11) is 0. The number of carbonyl (C=O) groups excluding carboxylic acids is 6. The summed E-state index contributed by atoms with van der Waals surface area (Å²) in [5.74, 6) is -5.04. The zero-order chi connectivity index (χ0) is 51.0. The first-order valence-corrected chi connectivity index (χ1v) is 24.7. The van der Waals surface area contributed by atoms with E-state index in [2.05, 4.69) is 31.9 Å². The third-order valence-electron chi connectivity index (χ3n) is 10.8. The Bertz CT molecular complexity index is 1590. The average molecular weight is 991 g/mol. The molecule has 0 unspecified atom stereocenters. The number of ether oxygens (including phenoxy) is 4. The van der Waals surface area contributed by atoms with Gasteiger partial charge in [0.25, 0.3) is 0 Å². The fourth-order valence-electron chi connectivity index (χ4n) is 7.85. The van der Waals surface area contributed by atoms with Crippen LogP contribution < -0.4 is 31.9 Å². The number of carboxylic acids is 3. The van der Waals surface area contributed by atoms with E-state index >= 15 is 0 Å². The smallest absolute Gasteiger partial charge is 0.326 e. The molecule has 1 rings (SSSR count). The maximum absolute atomic E-state index is 13.0. The van der Waals surface area contributed by atoms with Gasteiger partial charge >= 0.3 is 17.9 Å². The van der Waals surface area contributed by atoms with Crippen molar-refractivity contribution in [1.29, 1.82) is 0 Å². The predicted octanol–water partition coefficient (Wildman–Crippen LogP) is 1.08. The highest BCUT2D eigenvalue weighted by Gasteiger charge is 2.33. The van der Waals surface area contributed by atoms with E-state index in [1.807, 2.05) is 34.0 Å². The van der Waals surface area contributed by atoms with Crippen molar-refractivity contribution in [1.82, 2.24) is 31.9 Å². The fourth-order valence-corrected chi connectivity index (χ4v) is 8.21. The largest absolute Gasteiger partial charge is 0.481 e. The van der Waals surface area contributed by atoms with Crippen LogP contribution in [0.2, 0.25) is 0 Å². The van der Waals surface area contributed by atoms with Crippen molar-refractivity contribution in [3.63, 3.8) is 0 Å². The summed E-state index contributed by atoms with van der Waals surface area (Å²) < 4.78 is 21.3. The summed E-state index contributed by atoms with van der Waals surface area (Å²) in [6.07, 6.45) is 6.19. The Balaban J connectivity index is 2.11.